The van der Waals surface area contributed by atoms with E-state index in [0.717, 1.165) is 5.82 Å². The molecule has 17 heavy (non-hydrogen) atoms. The number of ether oxygens (including phenoxy) is 1. The Hall–Kier alpha value is -1.47. The Morgan fingerprint density at radius 1 is 1.65 bits per heavy atom. The zero-order valence-electron chi connectivity index (χ0n) is 10.0. The van der Waals surface area contributed by atoms with Gasteiger partial charge in [-0.05, 0) is 6.92 Å². The molecule has 7 nitrogen and oxygen atoms in total. The van der Waals surface area contributed by atoms with Gasteiger partial charge in [0.05, 0.1) is 25.7 Å². The van der Waals surface area contributed by atoms with Crippen molar-refractivity contribution in [2.45, 2.75) is 19.5 Å². The highest BCUT2D eigenvalue weighted by Gasteiger charge is 2.33. The SMILES string of the molecule is Cc1nc(CN(C)C(=O)C2COCC2N)n[nH]1. The van der Waals surface area contributed by atoms with Gasteiger partial charge < -0.3 is 15.4 Å². The molecule has 0 bridgehead atoms. The molecule has 2 unspecified atom stereocenters. The van der Waals surface area contributed by atoms with Gasteiger partial charge in [-0.1, -0.05) is 0 Å². The van der Waals surface area contributed by atoms with E-state index in [1.165, 1.54) is 0 Å². The molecule has 0 spiro atoms. The molecule has 1 aliphatic heterocycles. The molecule has 2 heterocycles. The van der Waals surface area contributed by atoms with Crippen LogP contribution in [-0.2, 0) is 16.1 Å². The van der Waals surface area contributed by atoms with Crippen LogP contribution in [-0.4, -0.2) is 52.3 Å². The quantitative estimate of drug-likeness (QED) is 0.708. The van der Waals surface area contributed by atoms with Crippen molar-refractivity contribution in [2.75, 3.05) is 20.3 Å². The Labute approximate surface area is 99.3 Å². The normalized spacial score (nSPS) is 23.9. The molecule has 0 aromatic carbocycles. The minimum absolute atomic E-state index is 0.0162. The predicted octanol–water partition coefficient (Wildman–Crippen LogP) is -0.955. The van der Waals surface area contributed by atoms with Crippen molar-refractivity contribution < 1.29 is 9.53 Å². The number of aromatic amines is 1. The predicted molar refractivity (Wildman–Crippen MR) is 59.9 cm³/mol. The standard InChI is InChI=1S/C10H17N5O2/c1-6-12-9(14-13-6)3-15(2)10(16)7-4-17-5-8(7)11/h7-8H,3-5,11H2,1-2H3,(H,12,13,14). The van der Waals surface area contributed by atoms with E-state index in [2.05, 4.69) is 15.2 Å². The summed E-state index contributed by atoms with van der Waals surface area (Å²) in [5.74, 6) is 1.07. The Bertz CT molecular complexity index is 405. The van der Waals surface area contributed by atoms with Crippen LogP contribution in [0.1, 0.15) is 11.6 Å². The number of aromatic nitrogens is 3. The zero-order chi connectivity index (χ0) is 12.4. The molecule has 0 saturated carbocycles. The van der Waals surface area contributed by atoms with E-state index >= 15 is 0 Å². The lowest BCUT2D eigenvalue weighted by atomic mass is 10.0. The number of H-pyrrole nitrogens is 1. The van der Waals surface area contributed by atoms with E-state index in [1.807, 2.05) is 6.92 Å². The number of hydrogen-bond donors (Lipinski definition) is 2. The number of nitrogens with zero attached hydrogens (tertiary/aromatic N) is 3. The van der Waals surface area contributed by atoms with Crippen LogP contribution < -0.4 is 5.73 Å². The number of aryl methyl sites for hydroxylation is 1. The molecule has 0 radical (unpaired) electrons. The second-order valence-electron chi connectivity index (χ2n) is 4.34. The Kier molecular flexibility index (Phi) is 3.39. The van der Waals surface area contributed by atoms with Crippen LogP contribution in [0.4, 0.5) is 0 Å². The summed E-state index contributed by atoms with van der Waals surface area (Å²) in [6, 6.07) is -0.209. The summed E-state index contributed by atoms with van der Waals surface area (Å²) in [5.41, 5.74) is 5.81. The van der Waals surface area contributed by atoms with E-state index < -0.39 is 0 Å². The van der Waals surface area contributed by atoms with Gasteiger partial charge in [-0.15, -0.1) is 0 Å². The summed E-state index contributed by atoms with van der Waals surface area (Å²) in [7, 11) is 1.72. The zero-order valence-corrected chi connectivity index (χ0v) is 10.0. The number of nitrogens with two attached hydrogens (primary N) is 1. The minimum atomic E-state index is -0.250. The maximum Gasteiger partial charge on any atom is 0.229 e. The van der Waals surface area contributed by atoms with Crippen molar-refractivity contribution in [3.63, 3.8) is 0 Å². The number of amides is 1. The van der Waals surface area contributed by atoms with E-state index in [4.69, 9.17) is 10.5 Å². The maximum absolute atomic E-state index is 12.1. The Morgan fingerprint density at radius 3 is 2.94 bits per heavy atom. The molecule has 3 N–H and O–H groups in total. The van der Waals surface area contributed by atoms with Crippen molar-refractivity contribution in [2.24, 2.45) is 11.7 Å². The van der Waals surface area contributed by atoms with E-state index in [1.54, 1.807) is 11.9 Å². The van der Waals surface area contributed by atoms with Gasteiger partial charge in [-0.25, -0.2) is 4.98 Å². The van der Waals surface area contributed by atoms with Gasteiger partial charge in [0.15, 0.2) is 5.82 Å². The highest BCUT2D eigenvalue weighted by atomic mass is 16.5. The molecule has 7 heteroatoms. The number of carbonyl (C=O) groups is 1. The minimum Gasteiger partial charge on any atom is -0.379 e. The fourth-order valence-electron chi connectivity index (χ4n) is 1.86. The topological polar surface area (TPSA) is 97.1 Å². The lowest BCUT2D eigenvalue weighted by Gasteiger charge is -2.20. The fourth-order valence-corrected chi connectivity index (χ4v) is 1.86. The molecule has 0 aliphatic carbocycles. The van der Waals surface area contributed by atoms with Crippen LogP contribution in [0.25, 0.3) is 0 Å². The lowest BCUT2D eigenvalue weighted by molar-refractivity contribution is -0.135. The summed E-state index contributed by atoms with van der Waals surface area (Å²) < 4.78 is 5.19. The first-order valence-electron chi connectivity index (χ1n) is 5.54. The molecular formula is C10H17N5O2. The van der Waals surface area contributed by atoms with E-state index in [9.17, 15) is 4.79 Å². The lowest BCUT2D eigenvalue weighted by Crippen LogP contribution is -2.41. The summed E-state index contributed by atoms with van der Waals surface area (Å²) in [5, 5.41) is 6.73. The highest BCUT2D eigenvalue weighted by molar-refractivity contribution is 5.79. The monoisotopic (exact) mass is 239 g/mol. The van der Waals surface area contributed by atoms with Crippen molar-refractivity contribution in [3.8, 4) is 0 Å². The van der Waals surface area contributed by atoms with Crippen molar-refractivity contribution in [1.29, 1.82) is 0 Å². The second-order valence-corrected chi connectivity index (χ2v) is 4.34. The van der Waals surface area contributed by atoms with Crippen LogP contribution in [0.3, 0.4) is 0 Å². The number of nitrogens with one attached hydrogen (secondary N) is 1. The molecule has 1 aromatic rings. The fraction of sp³-hybridized carbons (Fsp3) is 0.700. The van der Waals surface area contributed by atoms with Gasteiger partial charge in [0.25, 0.3) is 0 Å². The summed E-state index contributed by atoms with van der Waals surface area (Å²) >= 11 is 0. The Balaban J connectivity index is 1.95. The smallest absolute Gasteiger partial charge is 0.229 e. The average molecular weight is 239 g/mol. The molecular weight excluding hydrogens is 222 g/mol. The number of carbonyl (C=O) groups excluding carboxylic acids is 1. The van der Waals surface area contributed by atoms with Gasteiger partial charge in [-0.2, -0.15) is 5.10 Å². The van der Waals surface area contributed by atoms with Gasteiger partial charge in [0.2, 0.25) is 5.91 Å². The van der Waals surface area contributed by atoms with Crippen molar-refractivity contribution in [1.82, 2.24) is 20.1 Å². The van der Waals surface area contributed by atoms with Crippen molar-refractivity contribution in [3.05, 3.63) is 11.6 Å². The molecule has 1 aliphatic rings. The molecule has 2 rings (SSSR count). The average Bonchev–Trinajstić information content (AvgIpc) is 2.86. The first kappa shape index (κ1) is 12.0. The first-order chi connectivity index (χ1) is 8.08. The van der Waals surface area contributed by atoms with Gasteiger partial charge in [0, 0.05) is 13.1 Å². The van der Waals surface area contributed by atoms with Crippen molar-refractivity contribution >= 4 is 5.91 Å². The molecule has 94 valence electrons. The molecule has 2 atom stereocenters. The third kappa shape index (κ3) is 2.62. The molecule has 1 aromatic heterocycles. The first-order valence-corrected chi connectivity index (χ1v) is 5.54. The number of rotatable bonds is 3. The molecule has 1 amide bonds. The third-order valence-corrected chi connectivity index (χ3v) is 2.84. The highest BCUT2D eigenvalue weighted by Crippen LogP contribution is 2.15. The van der Waals surface area contributed by atoms with Crippen LogP contribution in [0.5, 0.6) is 0 Å². The third-order valence-electron chi connectivity index (χ3n) is 2.84. The van der Waals surface area contributed by atoms with E-state index in [0.29, 0.717) is 25.6 Å². The van der Waals surface area contributed by atoms with Gasteiger partial charge in [-0.3, -0.25) is 9.89 Å². The van der Waals surface area contributed by atoms with Gasteiger partial charge >= 0.3 is 0 Å². The maximum atomic E-state index is 12.1. The largest absolute Gasteiger partial charge is 0.379 e. The second kappa shape index (κ2) is 4.80. The Morgan fingerprint density at radius 2 is 2.41 bits per heavy atom. The van der Waals surface area contributed by atoms with Gasteiger partial charge in [0.1, 0.15) is 5.82 Å². The van der Waals surface area contributed by atoms with E-state index in [-0.39, 0.29) is 17.9 Å². The van der Waals surface area contributed by atoms with Crippen LogP contribution in [0, 0.1) is 12.8 Å². The van der Waals surface area contributed by atoms with Crippen LogP contribution >= 0.6 is 0 Å². The summed E-state index contributed by atoms with van der Waals surface area (Å²) in [6.07, 6.45) is 0. The summed E-state index contributed by atoms with van der Waals surface area (Å²) in [4.78, 5) is 17.8. The number of hydrogen-bond acceptors (Lipinski definition) is 5. The van der Waals surface area contributed by atoms with Crippen LogP contribution in [0.15, 0.2) is 0 Å². The summed E-state index contributed by atoms with van der Waals surface area (Å²) in [6.45, 7) is 3.05. The van der Waals surface area contributed by atoms with Crippen LogP contribution in [0.2, 0.25) is 0 Å². The molecule has 1 fully saturated rings. The molecule has 1 saturated heterocycles.